The van der Waals surface area contributed by atoms with Crippen LogP contribution in [0, 0.1) is 5.92 Å². The molecule has 1 unspecified atom stereocenters. The maximum atomic E-state index is 13.4. The standard InChI is InChI=1S/C27H28N4O3/c1-20(2)24(28-26(32)34-19-22-14-8-4-9-15-22)25-29-31(23-16-10-5-11-17-23)27(33)30(25)18-21-12-6-3-7-13-21/h3-17,20,24H,18-19H2,1-2H3,(H,28,32). The number of amides is 1. The van der Waals surface area contributed by atoms with Crippen LogP contribution in [0.25, 0.3) is 5.69 Å². The van der Waals surface area contributed by atoms with Gasteiger partial charge in [-0.05, 0) is 29.2 Å². The smallest absolute Gasteiger partial charge is 0.408 e. The van der Waals surface area contributed by atoms with E-state index in [0.717, 1.165) is 11.1 Å². The molecule has 174 valence electrons. The van der Waals surface area contributed by atoms with Crippen LogP contribution in [0.4, 0.5) is 4.79 Å². The van der Waals surface area contributed by atoms with Gasteiger partial charge in [-0.25, -0.2) is 9.59 Å². The van der Waals surface area contributed by atoms with E-state index in [1.807, 2.05) is 105 Å². The zero-order valence-corrected chi connectivity index (χ0v) is 19.3. The highest BCUT2D eigenvalue weighted by Gasteiger charge is 2.27. The summed E-state index contributed by atoms with van der Waals surface area (Å²) in [4.78, 5) is 26.1. The quantitative estimate of drug-likeness (QED) is 0.417. The fourth-order valence-electron chi connectivity index (χ4n) is 3.71. The second kappa shape index (κ2) is 10.7. The molecule has 34 heavy (non-hydrogen) atoms. The van der Waals surface area contributed by atoms with Crippen LogP contribution in [0.5, 0.6) is 0 Å². The van der Waals surface area contributed by atoms with Crippen LogP contribution in [0.1, 0.15) is 36.8 Å². The first-order valence-corrected chi connectivity index (χ1v) is 11.3. The lowest BCUT2D eigenvalue weighted by atomic mass is 10.0. The summed E-state index contributed by atoms with van der Waals surface area (Å²) in [6.07, 6.45) is -0.560. The van der Waals surface area contributed by atoms with Gasteiger partial charge in [0.1, 0.15) is 6.61 Å². The van der Waals surface area contributed by atoms with Crippen LogP contribution in [0.3, 0.4) is 0 Å². The van der Waals surface area contributed by atoms with Gasteiger partial charge in [0, 0.05) is 0 Å². The zero-order chi connectivity index (χ0) is 23.9. The van der Waals surface area contributed by atoms with Crippen molar-refractivity contribution in [2.75, 3.05) is 0 Å². The third-order valence-electron chi connectivity index (χ3n) is 5.51. The van der Waals surface area contributed by atoms with Gasteiger partial charge in [0.15, 0.2) is 5.82 Å². The van der Waals surface area contributed by atoms with Crippen molar-refractivity contribution in [3.8, 4) is 5.69 Å². The maximum absolute atomic E-state index is 13.4. The number of hydrogen-bond donors (Lipinski definition) is 1. The number of hydrogen-bond acceptors (Lipinski definition) is 4. The Morgan fingerprint density at radius 1 is 0.882 bits per heavy atom. The number of benzene rings is 3. The predicted octanol–water partition coefficient (Wildman–Crippen LogP) is 4.71. The number of carbonyl (C=O) groups excluding carboxylic acids is 1. The minimum Gasteiger partial charge on any atom is -0.445 e. The lowest BCUT2D eigenvalue weighted by molar-refractivity contribution is 0.131. The molecule has 0 fully saturated rings. The summed E-state index contributed by atoms with van der Waals surface area (Å²) in [5, 5.41) is 7.59. The van der Waals surface area contributed by atoms with E-state index in [9.17, 15) is 9.59 Å². The van der Waals surface area contributed by atoms with E-state index in [2.05, 4.69) is 10.4 Å². The van der Waals surface area contributed by atoms with E-state index in [-0.39, 0.29) is 18.2 Å². The van der Waals surface area contributed by atoms with Gasteiger partial charge in [-0.1, -0.05) is 92.7 Å². The van der Waals surface area contributed by atoms with E-state index in [1.165, 1.54) is 4.68 Å². The van der Waals surface area contributed by atoms with Gasteiger partial charge in [-0.3, -0.25) is 4.57 Å². The third kappa shape index (κ3) is 5.43. The predicted molar refractivity (Wildman–Crippen MR) is 131 cm³/mol. The number of aromatic nitrogens is 3. The van der Waals surface area contributed by atoms with Crippen molar-refractivity contribution >= 4 is 6.09 Å². The molecule has 0 aliphatic rings. The molecule has 0 bridgehead atoms. The molecule has 0 aliphatic heterocycles. The lowest BCUT2D eigenvalue weighted by Gasteiger charge is -2.22. The average molecular weight is 457 g/mol. The van der Waals surface area contributed by atoms with E-state index in [4.69, 9.17) is 4.74 Å². The molecule has 1 amide bonds. The van der Waals surface area contributed by atoms with Crippen LogP contribution in [-0.4, -0.2) is 20.4 Å². The molecule has 1 N–H and O–H groups in total. The highest BCUT2D eigenvalue weighted by atomic mass is 16.5. The highest BCUT2D eigenvalue weighted by Crippen LogP contribution is 2.21. The molecule has 0 saturated carbocycles. The summed E-state index contributed by atoms with van der Waals surface area (Å²) in [7, 11) is 0. The van der Waals surface area contributed by atoms with E-state index < -0.39 is 12.1 Å². The normalized spacial score (nSPS) is 11.9. The van der Waals surface area contributed by atoms with Crippen LogP contribution in [0.2, 0.25) is 0 Å². The molecule has 1 aromatic heterocycles. The molecule has 4 aromatic rings. The first-order chi connectivity index (χ1) is 16.5. The van der Waals surface area contributed by atoms with Crippen molar-refractivity contribution < 1.29 is 9.53 Å². The Labute approximate surface area is 198 Å². The fraction of sp³-hybridized carbons (Fsp3) is 0.222. The third-order valence-corrected chi connectivity index (χ3v) is 5.51. The van der Waals surface area contributed by atoms with Crippen molar-refractivity contribution in [3.05, 3.63) is 118 Å². The number of alkyl carbamates (subject to hydrolysis) is 1. The van der Waals surface area contributed by atoms with Crippen molar-refractivity contribution in [2.45, 2.75) is 33.0 Å². The molecular weight excluding hydrogens is 428 g/mol. The number of nitrogens with zero attached hydrogens (tertiary/aromatic N) is 3. The SMILES string of the molecule is CC(C)C(NC(=O)OCc1ccccc1)c1nn(-c2ccccc2)c(=O)n1Cc1ccccc1. The topological polar surface area (TPSA) is 78.2 Å². The molecular formula is C27H28N4O3. The Balaban J connectivity index is 1.65. The van der Waals surface area contributed by atoms with Crippen LogP contribution in [-0.2, 0) is 17.9 Å². The minimum absolute atomic E-state index is 0.0372. The summed E-state index contributed by atoms with van der Waals surface area (Å²) in [5.41, 5.74) is 2.26. The van der Waals surface area contributed by atoms with Crippen LogP contribution >= 0.6 is 0 Å². The molecule has 1 atom stereocenters. The Bertz CT molecular complexity index is 1270. The number of ether oxygens (including phenoxy) is 1. The molecule has 0 spiro atoms. The summed E-state index contributed by atoms with van der Waals surface area (Å²) in [6.45, 7) is 4.45. The van der Waals surface area contributed by atoms with Gasteiger partial charge >= 0.3 is 11.8 Å². The monoisotopic (exact) mass is 456 g/mol. The minimum atomic E-state index is -0.560. The van der Waals surface area contributed by atoms with Crippen molar-refractivity contribution in [1.29, 1.82) is 0 Å². The Morgan fingerprint density at radius 3 is 2.03 bits per heavy atom. The largest absolute Gasteiger partial charge is 0.445 e. The Kier molecular flexibility index (Phi) is 7.22. The van der Waals surface area contributed by atoms with Gasteiger partial charge in [-0.15, -0.1) is 5.10 Å². The van der Waals surface area contributed by atoms with E-state index in [0.29, 0.717) is 18.1 Å². The first kappa shape index (κ1) is 23.0. The van der Waals surface area contributed by atoms with Crippen molar-refractivity contribution in [1.82, 2.24) is 19.7 Å². The van der Waals surface area contributed by atoms with Crippen LogP contribution < -0.4 is 11.0 Å². The van der Waals surface area contributed by atoms with Gasteiger partial charge in [-0.2, -0.15) is 4.68 Å². The van der Waals surface area contributed by atoms with Gasteiger partial charge in [0.2, 0.25) is 0 Å². The van der Waals surface area contributed by atoms with Crippen molar-refractivity contribution in [2.24, 2.45) is 5.92 Å². The highest BCUT2D eigenvalue weighted by molar-refractivity contribution is 5.67. The summed E-state index contributed by atoms with van der Waals surface area (Å²) in [5.74, 6) is 0.439. The molecule has 0 saturated heterocycles. The number of carbonyl (C=O) groups is 1. The lowest BCUT2D eigenvalue weighted by Crippen LogP contribution is -2.35. The summed E-state index contributed by atoms with van der Waals surface area (Å²) in [6, 6.07) is 27.9. The second-order valence-corrected chi connectivity index (χ2v) is 8.39. The molecule has 0 radical (unpaired) electrons. The molecule has 3 aromatic carbocycles. The molecule has 4 rings (SSSR count). The molecule has 7 nitrogen and oxygen atoms in total. The Morgan fingerprint density at radius 2 is 1.44 bits per heavy atom. The summed E-state index contributed by atoms with van der Waals surface area (Å²) >= 11 is 0. The Hall–Kier alpha value is -4.13. The molecule has 1 heterocycles. The van der Waals surface area contributed by atoms with Gasteiger partial charge < -0.3 is 10.1 Å². The average Bonchev–Trinajstić information content (AvgIpc) is 3.18. The number of rotatable bonds is 8. The molecule has 7 heteroatoms. The number of nitrogens with one attached hydrogen (secondary N) is 1. The number of para-hydroxylation sites is 1. The molecule has 0 aliphatic carbocycles. The first-order valence-electron chi connectivity index (χ1n) is 11.3. The van der Waals surface area contributed by atoms with E-state index in [1.54, 1.807) is 4.57 Å². The van der Waals surface area contributed by atoms with Crippen LogP contribution in [0.15, 0.2) is 95.8 Å². The fourth-order valence-corrected chi connectivity index (χ4v) is 3.71. The van der Waals surface area contributed by atoms with Gasteiger partial charge in [0.05, 0.1) is 18.3 Å². The maximum Gasteiger partial charge on any atom is 0.408 e. The van der Waals surface area contributed by atoms with E-state index >= 15 is 0 Å². The zero-order valence-electron chi connectivity index (χ0n) is 19.3. The second-order valence-electron chi connectivity index (χ2n) is 8.39. The summed E-state index contributed by atoms with van der Waals surface area (Å²) < 4.78 is 8.43. The van der Waals surface area contributed by atoms with Gasteiger partial charge in [0.25, 0.3) is 0 Å². The van der Waals surface area contributed by atoms with Crippen molar-refractivity contribution in [3.63, 3.8) is 0 Å².